The molecule has 31 heavy (non-hydrogen) atoms. The van der Waals surface area contributed by atoms with Gasteiger partial charge in [0.1, 0.15) is 0 Å². The molecule has 172 valence electrons. The maximum absolute atomic E-state index is 12.2. The van der Waals surface area contributed by atoms with Crippen LogP contribution in [0.25, 0.3) is 0 Å². The second-order valence-electron chi connectivity index (χ2n) is 8.23. The van der Waals surface area contributed by atoms with Crippen molar-refractivity contribution >= 4 is 21.7 Å². The first-order valence-electron chi connectivity index (χ1n) is 11.3. The highest BCUT2D eigenvalue weighted by molar-refractivity contribution is 7.91. The first kappa shape index (κ1) is 23.5. The first-order valence-corrected chi connectivity index (χ1v) is 13.1. The molecule has 2 heterocycles. The second-order valence-corrected chi connectivity index (χ2v) is 10.5. The Morgan fingerprint density at radius 1 is 1.19 bits per heavy atom. The molecule has 0 bridgehead atoms. The Morgan fingerprint density at radius 2 is 1.94 bits per heavy atom. The molecule has 1 aromatic rings. The third-order valence-electron chi connectivity index (χ3n) is 5.77. The standard InChI is InChI=1S/C22H35N5O3S/c1-2-23-22(24-12-10-21(28)26-19-11-15-31(29,30)17-19)25-16-20(27-13-6-7-14-27)18-8-4-3-5-9-18/h3-5,8-9,19-20H,2,6-7,10-17H2,1H3,(H,26,28)(H2,23,24,25). The number of amides is 1. The summed E-state index contributed by atoms with van der Waals surface area (Å²) in [6, 6.07) is 10.5. The average Bonchev–Trinajstić information content (AvgIpc) is 3.38. The number of nitrogens with one attached hydrogen (secondary N) is 3. The van der Waals surface area contributed by atoms with Gasteiger partial charge in [0.25, 0.3) is 0 Å². The van der Waals surface area contributed by atoms with Gasteiger partial charge >= 0.3 is 0 Å². The number of hydrogen-bond acceptors (Lipinski definition) is 5. The van der Waals surface area contributed by atoms with Crippen LogP contribution >= 0.6 is 0 Å². The lowest BCUT2D eigenvalue weighted by atomic mass is 10.1. The van der Waals surface area contributed by atoms with Crippen molar-refractivity contribution in [2.75, 3.05) is 44.2 Å². The maximum Gasteiger partial charge on any atom is 0.222 e. The molecule has 0 spiro atoms. The van der Waals surface area contributed by atoms with E-state index in [1.807, 2.05) is 13.0 Å². The molecule has 1 amide bonds. The zero-order valence-electron chi connectivity index (χ0n) is 18.3. The van der Waals surface area contributed by atoms with Gasteiger partial charge in [0.05, 0.1) is 24.1 Å². The highest BCUT2D eigenvalue weighted by Crippen LogP contribution is 2.25. The van der Waals surface area contributed by atoms with E-state index in [4.69, 9.17) is 4.99 Å². The van der Waals surface area contributed by atoms with E-state index < -0.39 is 9.84 Å². The fourth-order valence-electron chi connectivity index (χ4n) is 4.18. The van der Waals surface area contributed by atoms with Crippen molar-refractivity contribution in [3.8, 4) is 0 Å². The molecule has 8 nitrogen and oxygen atoms in total. The summed E-state index contributed by atoms with van der Waals surface area (Å²) in [4.78, 5) is 19.4. The number of carbonyl (C=O) groups excluding carboxylic acids is 1. The number of nitrogens with zero attached hydrogens (tertiary/aromatic N) is 2. The van der Waals surface area contributed by atoms with Crippen LogP contribution < -0.4 is 16.0 Å². The van der Waals surface area contributed by atoms with Gasteiger partial charge in [-0.15, -0.1) is 0 Å². The Morgan fingerprint density at radius 3 is 2.58 bits per heavy atom. The molecule has 2 unspecified atom stereocenters. The van der Waals surface area contributed by atoms with Crippen LogP contribution in [0.2, 0.25) is 0 Å². The molecule has 3 N–H and O–H groups in total. The maximum atomic E-state index is 12.2. The molecular formula is C22H35N5O3S. The molecule has 2 saturated heterocycles. The summed E-state index contributed by atoms with van der Waals surface area (Å²) >= 11 is 0. The summed E-state index contributed by atoms with van der Waals surface area (Å²) in [5.74, 6) is 0.768. The van der Waals surface area contributed by atoms with Crippen LogP contribution in [0.4, 0.5) is 0 Å². The lowest BCUT2D eigenvalue weighted by Gasteiger charge is -2.27. The third kappa shape index (κ3) is 7.50. The Bertz CT molecular complexity index is 838. The largest absolute Gasteiger partial charge is 0.357 e. The molecular weight excluding hydrogens is 414 g/mol. The summed E-state index contributed by atoms with van der Waals surface area (Å²) in [6.45, 7) is 6.02. The van der Waals surface area contributed by atoms with E-state index in [2.05, 4.69) is 45.1 Å². The van der Waals surface area contributed by atoms with Crippen molar-refractivity contribution < 1.29 is 13.2 Å². The van der Waals surface area contributed by atoms with E-state index >= 15 is 0 Å². The van der Waals surface area contributed by atoms with Crippen molar-refractivity contribution in [3.63, 3.8) is 0 Å². The lowest BCUT2D eigenvalue weighted by molar-refractivity contribution is -0.121. The summed E-state index contributed by atoms with van der Waals surface area (Å²) in [5, 5.41) is 9.30. The van der Waals surface area contributed by atoms with Crippen LogP contribution in [0, 0.1) is 0 Å². The number of aliphatic imine (C=N–C) groups is 1. The van der Waals surface area contributed by atoms with Gasteiger partial charge < -0.3 is 16.0 Å². The van der Waals surface area contributed by atoms with E-state index in [0.29, 0.717) is 25.5 Å². The van der Waals surface area contributed by atoms with E-state index in [0.717, 1.165) is 19.6 Å². The van der Waals surface area contributed by atoms with Crippen LogP contribution in [0.1, 0.15) is 44.2 Å². The average molecular weight is 450 g/mol. The number of likely N-dealkylation sites (tertiary alicyclic amines) is 1. The van der Waals surface area contributed by atoms with Gasteiger partial charge in [-0.1, -0.05) is 30.3 Å². The second kappa shape index (κ2) is 11.5. The molecule has 2 aliphatic rings. The third-order valence-corrected chi connectivity index (χ3v) is 7.54. The Balaban J connectivity index is 1.52. The van der Waals surface area contributed by atoms with Gasteiger partial charge in [-0.3, -0.25) is 14.7 Å². The predicted molar refractivity (Wildman–Crippen MR) is 124 cm³/mol. The van der Waals surface area contributed by atoms with Crippen molar-refractivity contribution in [3.05, 3.63) is 35.9 Å². The molecule has 0 aliphatic carbocycles. The van der Waals surface area contributed by atoms with Gasteiger partial charge in [-0.25, -0.2) is 8.42 Å². The monoisotopic (exact) mass is 449 g/mol. The number of rotatable bonds is 9. The topological polar surface area (TPSA) is 103 Å². The molecule has 1 aromatic carbocycles. The van der Waals surface area contributed by atoms with E-state index in [-0.39, 0.29) is 35.9 Å². The van der Waals surface area contributed by atoms with Gasteiger partial charge in [0.2, 0.25) is 5.91 Å². The van der Waals surface area contributed by atoms with Gasteiger partial charge in [-0.05, 0) is 44.8 Å². The number of carbonyl (C=O) groups is 1. The van der Waals surface area contributed by atoms with Crippen LogP contribution in [-0.4, -0.2) is 75.5 Å². The van der Waals surface area contributed by atoms with Crippen LogP contribution in [0.5, 0.6) is 0 Å². The van der Waals surface area contributed by atoms with Crippen LogP contribution in [-0.2, 0) is 14.6 Å². The van der Waals surface area contributed by atoms with E-state index in [1.54, 1.807) is 0 Å². The molecule has 0 aromatic heterocycles. The quantitative estimate of drug-likeness (QED) is 0.385. The van der Waals surface area contributed by atoms with Crippen LogP contribution in [0.15, 0.2) is 35.3 Å². The smallest absolute Gasteiger partial charge is 0.222 e. The zero-order valence-corrected chi connectivity index (χ0v) is 19.2. The predicted octanol–water partition coefficient (Wildman–Crippen LogP) is 1.07. The Hall–Kier alpha value is -2.13. The molecule has 9 heteroatoms. The lowest BCUT2D eigenvalue weighted by Crippen LogP contribution is -2.41. The molecule has 3 rings (SSSR count). The summed E-state index contributed by atoms with van der Waals surface area (Å²) < 4.78 is 23.1. The fraction of sp³-hybridized carbons (Fsp3) is 0.636. The van der Waals surface area contributed by atoms with Crippen molar-refractivity contribution in [2.45, 2.75) is 44.7 Å². The van der Waals surface area contributed by atoms with Gasteiger partial charge in [-0.2, -0.15) is 0 Å². The molecule has 2 fully saturated rings. The highest BCUT2D eigenvalue weighted by atomic mass is 32.2. The Labute approximate surface area is 185 Å². The minimum Gasteiger partial charge on any atom is -0.357 e. The van der Waals surface area contributed by atoms with Gasteiger partial charge in [0.15, 0.2) is 15.8 Å². The Kier molecular flexibility index (Phi) is 8.71. The molecule has 0 radical (unpaired) electrons. The molecule has 2 atom stereocenters. The molecule has 2 aliphatic heterocycles. The molecule has 0 saturated carbocycles. The minimum atomic E-state index is -2.99. The highest BCUT2D eigenvalue weighted by Gasteiger charge is 2.28. The van der Waals surface area contributed by atoms with Crippen molar-refractivity contribution in [2.24, 2.45) is 4.99 Å². The van der Waals surface area contributed by atoms with E-state index in [1.165, 1.54) is 18.4 Å². The van der Waals surface area contributed by atoms with Crippen LogP contribution in [0.3, 0.4) is 0 Å². The summed E-state index contributed by atoms with van der Waals surface area (Å²) in [6.07, 6.45) is 3.23. The minimum absolute atomic E-state index is 0.0492. The normalized spacial score (nSPS) is 22.2. The summed E-state index contributed by atoms with van der Waals surface area (Å²) in [5.41, 5.74) is 1.27. The number of sulfone groups is 1. The number of benzene rings is 1. The first-order chi connectivity index (χ1) is 15.0. The van der Waals surface area contributed by atoms with E-state index in [9.17, 15) is 13.2 Å². The zero-order chi connectivity index (χ0) is 22.1. The van der Waals surface area contributed by atoms with Crippen molar-refractivity contribution in [1.29, 1.82) is 0 Å². The number of guanidine groups is 1. The fourth-order valence-corrected chi connectivity index (χ4v) is 5.86. The SMILES string of the molecule is CCNC(=NCC(c1ccccc1)N1CCCC1)NCCC(=O)NC1CCS(=O)(=O)C1. The van der Waals surface area contributed by atoms with Crippen molar-refractivity contribution in [1.82, 2.24) is 20.9 Å². The number of hydrogen-bond donors (Lipinski definition) is 3. The van der Waals surface area contributed by atoms with Gasteiger partial charge in [0, 0.05) is 25.6 Å². The summed E-state index contributed by atoms with van der Waals surface area (Å²) in [7, 11) is -2.99.